The smallest absolute Gasteiger partial charge is 0.0791 e. The van der Waals surface area contributed by atoms with Gasteiger partial charge < -0.3 is 10.5 Å². The maximum Gasteiger partial charge on any atom is 0.0791 e. The van der Waals surface area contributed by atoms with E-state index in [1.807, 2.05) is 0 Å². The van der Waals surface area contributed by atoms with E-state index in [1.54, 1.807) is 7.11 Å². The zero-order valence-corrected chi connectivity index (χ0v) is 11.9. The summed E-state index contributed by atoms with van der Waals surface area (Å²) in [5.41, 5.74) is 9.05. The van der Waals surface area contributed by atoms with Crippen LogP contribution in [-0.4, -0.2) is 13.2 Å². The SMILES string of the molecule is COC(C1CC1)C(N)c1ccc(C(C)(C)C)cc1. The highest BCUT2D eigenvalue weighted by Crippen LogP contribution is 2.39. The third kappa shape index (κ3) is 2.93. The minimum absolute atomic E-state index is 0.00322. The number of ether oxygens (including phenoxy) is 1. The molecule has 0 radical (unpaired) electrons. The highest BCUT2D eigenvalue weighted by molar-refractivity contribution is 5.29. The molecule has 0 amide bonds. The highest BCUT2D eigenvalue weighted by Gasteiger charge is 2.35. The molecular weight excluding hydrogens is 222 g/mol. The second-order valence-corrected chi connectivity index (χ2v) is 6.44. The summed E-state index contributed by atoms with van der Waals surface area (Å²) in [6, 6.07) is 8.68. The van der Waals surface area contributed by atoms with E-state index in [0.717, 1.165) is 0 Å². The largest absolute Gasteiger partial charge is 0.379 e. The quantitative estimate of drug-likeness (QED) is 0.885. The molecule has 2 nitrogen and oxygen atoms in total. The van der Waals surface area contributed by atoms with E-state index in [0.29, 0.717) is 5.92 Å². The molecular formula is C16H25NO. The Kier molecular flexibility index (Phi) is 3.79. The molecule has 100 valence electrons. The first kappa shape index (κ1) is 13.6. The Bertz CT molecular complexity index is 387. The Balaban J connectivity index is 2.13. The van der Waals surface area contributed by atoms with Gasteiger partial charge in [0.1, 0.15) is 0 Å². The van der Waals surface area contributed by atoms with Crippen molar-refractivity contribution >= 4 is 0 Å². The molecule has 1 aromatic carbocycles. The molecule has 2 atom stereocenters. The summed E-state index contributed by atoms with van der Waals surface area (Å²) in [6.07, 6.45) is 2.68. The molecule has 0 saturated heterocycles. The maximum absolute atomic E-state index is 6.32. The molecule has 1 aromatic rings. The van der Waals surface area contributed by atoms with Gasteiger partial charge in [-0.3, -0.25) is 0 Å². The molecule has 18 heavy (non-hydrogen) atoms. The molecule has 1 fully saturated rings. The van der Waals surface area contributed by atoms with Crippen molar-refractivity contribution < 1.29 is 4.74 Å². The average Bonchev–Trinajstić information content (AvgIpc) is 3.13. The van der Waals surface area contributed by atoms with Crippen molar-refractivity contribution in [1.82, 2.24) is 0 Å². The zero-order valence-electron chi connectivity index (χ0n) is 11.9. The minimum Gasteiger partial charge on any atom is -0.379 e. The first-order valence-electron chi connectivity index (χ1n) is 6.82. The van der Waals surface area contributed by atoms with Gasteiger partial charge in [0.25, 0.3) is 0 Å². The Morgan fingerprint density at radius 2 is 1.72 bits per heavy atom. The number of rotatable bonds is 4. The Morgan fingerprint density at radius 1 is 1.17 bits per heavy atom. The topological polar surface area (TPSA) is 35.2 Å². The lowest BCUT2D eigenvalue weighted by molar-refractivity contribution is 0.0624. The Labute approximate surface area is 111 Å². The lowest BCUT2D eigenvalue weighted by Crippen LogP contribution is -2.30. The second kappa shape index (κ2) is 5.02. The van der Waals surface area contributed by atoms with E-state index in [-0.39, 0.29) is 17.6 Å². The van der Waals surface area contributed by atoms with E-state index < -0.39 is 0 Å². The van der Waals surface area contributed by atoms with Crippen LogP contribution in [0.3, 0.4) is 0 Å². The van der Waals surface area contributed by atoms with Crippen LogP contribution >= 0.6 is 0 Å². The van der Waals surface area contributed by atoms with Crippen LogP contribution in [0.25, 0.3) is 0 Å². The minimum atomic E-state index is -0.00322. The van der Waals surface area contributed by atoms with Crippen molar-refractivity contribution in [3.63, 3.8) is 0 Å². The van der Waals surface area contributed by atoms with Crippen molar-refractivity contribution in [2.24, 2.45) is 11.7 Å². The van der Waals surface area contributed by atoms with Crippen LogP contribution in [0.5, 0.6) is 0 Å². The van der Waals surface area contributed by atoms with E-state index in [9.17, 15) is 0 Å². The molecule has 0 spiro atoms. The van der Waals surface area contributed by atoms with Gasteiger partial charge in [-0.25, -0.2) is 0 Å². The molecule has 2 rings (SSSR count). The summed E-state index contributed by atoms with van der Waals surface area (Å²) < 4.78 is 5.56. The molecule has 2 heteroatoms. The van der Waals surface area contributed by atoms with Crippen LogP contribution in [0, 0.1) is 5.92 Å². The monoisotopic (exact) mass is 247 g/mol. The third-order valence-corrected chi connectivity index (χ3v) is 3.87. The van der Waals surface area contributed by atoms with Gasteiger partial charge in [0, 0.05) is 7.11 Å². The van der Waals surface area contributed by atoms with Gasteiger partial charge in [-0.05, 0) is 35.3 Å². The fraction of sp³-hybridized carbons (Fsp3) is 0.625. The Hall–Kier alpha value is -0.860. The number of hydrogen-bond acceptors (Lipinski definition) is 2. The maximum atomic E-state index is 6.32. The van der Waals surface area contributed by atoms with E-state index in [1.165, 1.54) is 24.0 Å². The molecule has 2 unspecified atom stereocenters. The van der Waals surface area contributed by atoms with Gasteiger partial charge in [-0.15, -0.1) is 0 Å². The van der Waals surface area contributed by atoms with E-state index in [2.05, 4.69) is 45.0 Å². The summed E-state index contributed by atoms with van der Waals surface area (Å²) in [7, 11) is 1.77. The highest BCUT2D eigenvalue weighted by atomic mass is 16.5. The number of hydrogen-bond donors (Lipinski definition) is 1. The molecule has 0 aliphatic heterocycles. The third-order valence-electron chi connectivity index (χ3n) is 3.87. The number of nitrogens with two attached hydrogens (primary N) is 1. The molecule has 1 saturated carbocycles. The summed E-state index contributed by atoms with van der Waals surface area (Å²) in [4.78, 5) is 0. The van der Waals surface area contributed by atoms with Gasteiger partial charge in [0.15, 0.2) is 0 Å². The van der Waals surface area contributed by atoms with Gasteiger partial charge in [-0.1, -0.05) is 45.0 Å². The standard InChI is InChI=1S/C16H25NO/c1-16(2,3)13-9-7-11(8-10-13)14(17)15(18-4)12-5-6-12/h7-10,12,14-15H,5-6,17H2,1-4H3. The molecule has 0 heterocycles. The number of benzene rings is 1. The van der Waals surface area contributed by atoms with E-state index in [4.69, 9.17) is 10.5 Å². The lowest BCUT2D eigenvalue weighted by Gasteiger charge is -2.24. The van der Waals surface area contributed by atoms with Gasteiger partial charge >= 0.3 is 0 Å². The van der Waals surface area contributed by atoms with Gasteiger partial charge in [-0.2, -0.15) is 0 Å². The first-order valence-corrected chi connectivity index (χ1v) is 6.82. The van der Waals surface area contributed by atoms with Crippen LogP contribution < -0.4 is 5.73 Å². The predicted molar refractivity (Wildman–Crippen MR) is 75.6 cm³/mol. The number of methoxy groups -OCH3 is 1. The summed E-state index contributed by atoms with van der Waals surface area (Å²) in [5.74, 6) is 0.660. The van der Waals surface area contributed by atoms with Crippen LogP contribution in [-0.2, 0) is 10.2 Å². The molecule has 1 aliphatic rings. The van der Waals surface area contributed by atoms with Crippen molar-refractivity contribution in [2.45, 2.75) is 51.2 Å². The van der Waals surface area contributed by atoms with Gasteiger partial charge in [0.05, 0.1) is 12.1 Å². The molecule has 0 aromatic heterocycles. The van der Waals surface area contributed by atoms with Crippen LogP contribution in [0.15, 0.2) is 24.3 Å². The summed E-state index contributed by atoms with van der Waals surface area (Å²) >= 11 is 0. The predicted octanol–water partition coefficient (Wildman–Crippen LogP) is 3.41. The van der Waals surface area contributed by atoms with Crippen molar-refractivity contribution in [3.8, 4) is 0 Å². The van der Waals surface area contributed by atoms with Crippen LogP contribution in [0.4, 0.5) is 0 Å². The van der Waals surface area contributed by atoms with Crippen molar-refractivity contribution in [3.05, 3.63) is 35.4 Å². The molecule has 0 bridgehead atoms. The molecule has 1 aliphatic carbocycles. The van der Waals surface area contributed by atoms with Crippen molar-refractivity contribution in [2.75, 3.05) is 7.11 Å². The Morgan fingerprint density at radius 3 is 2.11 bits per heavy atom. The average molecular weight is 247 g/mol. The van der Waals surface area contributed by atoms with Crippen LogP contribution in [0.2, 0.25) is 0 Å². The summed E-state index contributed by atoms with van der Waals surface area (Å²) in [5, 5.41) is 0. The fourth-order valence-corrected chi connectivity index (χ4v) is 2.45. The lowest BCUT2D eigenvalue weighted by atomic mass is 9.86. The second-order valence-electron chi connectivity index (χ2n) is 6.44. The molecule has 2 N–H and O–H groups in total. The van der Waals surface area contributed by atoms with E-state index >= 15 is 0 Å². The van der Waals surface area contributed by atoms with Crippen LogP contribution in [0.1, 0.15) is 50.8 Å². The first-order chi connectivity index (χ1) is 8.43. The fourth-order valence-electron chi connectivity index (χ4n) is 2.45. The van der Waals surface area contributed by atoms with Gasteiger partial charge in [0.2, 0.25) is 0 Å². The summed E-state index contributed by atoms with van der Waals surface area (Å²) in [6.45, 7) is 6.68. The normalized spacial score (nSPS) is 19.6. The zero-order chi connectivity index (χ0) is 13.3. The van der Waals surface area contributed by atoms with Crippen molar-refractivity contribution in [1.29, 1.82) is 0 Å².